The van der Waals surface area contributed by atoms with E-state index < -0.39 is 5.60 Å². The summed E-state index contributed by atoms with van der Waals surface area (Å²) in [6.45, 7) is 0.534. The van der Waals surface area contributed by atoms with E-state index in [-0.39, 0.29) is 5.56 Å². The summed E-state index contributed by atoms with van der Waals surface area (Å²) in [7, 11) is 1.90. The zero-order valence-corrected chi connectivity index (χ0v) is 12.1. The molecule has 112 valence electrons. The lowest BCUT2D eigenvalue weighted by atomic mass is 10.0. The molecule has 1 aromatic heterocycles. The zero-order chi connectivity index (χ0) is 15.0. The van der Waals surface area contributed by atoms with E-state index in [0.29, 0.717) is 23.1 Å². The third-order valence-corrected chi connectivity index (χ3v) is 4.27. The topological polar surface area (TPSA) is 95.2 Å². The number of benzene rings is 1. The van der Waals surface area contributed by atoms with E-state index >= 15 is 0 Å². The predicted octanol–water partition coefficient (Wildman–Crippen LogP) is 1.25. The fourth-order valence-electron chi connectivity index (χ4n) is 3.17. The zero-order valence-electron chi connectivity index (χ0n) is 12.1. The molecule has 0 radical (unpaired) electrons. The van der Waals surface area contributed by atoms with Crippen LogP contribution in [0, 0.1) is 0 Å². The summed E-state index contributed by atoms with van der Waals surface area (Å²) in [6, 6.07) is 3.45. The third kappa shape index (κ3) is 2.58. The number of fused-ring (bicyclic) bond motifs is 1. The molecule has 0 atom stereocenters. The van der Waals surface area contributed by atoms with Crippen molar-refractivity contribution in [3.05, 3.63) is 28.8 Å². The van der Waals surface area contributed by atoms with Gasteiger partial charge in [0.2, 0.25) is 0 Å². The quantitative estimate of drug-likeness (QED) is 0.739. The van der Waals surface area contributed by atoms with Gasteiger partial charge in [-0.2, -0.15) is 0 Å². The van der Waals surface area contributed by atoms with Gasteiger partial charge in [0.25, 0.3) is 5.56 Å². The molecule has 1 saturated carbocycles. The first kappa shape index (κ1) is 13.9. The minimum absolute atomic E-state index is 0.199. The van der Waals surface area contributed by atoms with Gasteiger partial charge in [-0.3, -0.25) is 4.79 Å². The van der Waals surface area contributed by atoms with Crippen LogP contribution in [0.25, 0.3) is 10.9 Å². The first-order valence-corrected chi connectivity index (χ1v) is 7.19. The number of aromatic nitrogens is 2. The molecule has 3 rings (SSSR count). The lowest BCUT2D eigenvalue weighted by Crippen LogP contribution is -2.39. The fourth-order valence-corrected chi connectivity index (χ4v) is 3.17. The molecule has 1 heterocycles. The molecule has 1 fully saturated rings. The smallest absolute Gasteiger partial charge is 0.258 e. The van der Waals surface area contributed by atoms with Crippen molar-refractivity contribution in [2.24, 2.45) is 0 Å². The Morgan fingerprint density at radius 1 is 1.43 bits per heavy atom. The molecule has 0 amide bonds. The van der Waals surface area contributed by atoms with E-state index in [1.165, 1.54) is 6.33 Å². The van der Waals surface area contributed by atoms with Gasteiger partial charge in [-0.05, 0) is 25.0 Å². The van der Waals surface area contributed by atoms with Gasteiger partial charge in [-0.25, -0.2) is 4.98 Å². The Kier molecular flexibility index (Phi) is 3.33. The van der Waals surface area contributed by atoms with E-state index in [1.807, 2.05) is 11.9 Å². The number of hydrogen-bond acceptors (Lipinski definition) is 5. The summed E-state index contributed by atoms with van der Waals surface area (Å²) >= 11 is 0. The molecule has 0 bridgehead atoms. The van der Waals surface area contributed by atoms with Crippen LogP contribution in [0.1, 0.15) is 25.7 Å². The summed E-state index contributed by atoms with van der Waals surface area (Å²) in [5.41, 5.74) is 7.15. The maximum Gasteiger partial charge on any atom is 0.258 e. The third-order valence-electron chi connectivity index (χ3n) is 4.27. The van der Waals surface area contributed by atoms with Crippen LogP contribution in [0.2, 0.25) is 0 Å². The van der Waals surface area contributed by atoms with Crippen LogP contribution in [-0.4, -0.2) is 34.3 Å². The molecule has 2 aromatic rings. The molecule has 6 nitrogen and oxygen atoms in total. The van der Waals surface area contributed by atoms with Gasteiger partial charge in [0.1, 0.15) is 0 Å². The van der Waals surface area contributed by atoms with Crippen molar-refractivity contribution in [3.8, 4) is 0 Å². The average molecular weight is 288 g/mol. The van der Waals surface area contributed by atoms with Crippen LogP contribution in [-0.2, 0) is 0 Å². The number of nitrogen functional groups attached to an aromatic ring is 1. The van der Waals surface area contributed by atoms with Gasteiger partial charge in [-0.1, -0.05) is 12.8 Å². The van der Waals surface area contributed by atoms with Crippen LogP contribution in [0.3, 0.4) is 0 Å². The number of nitrogens with zero attached hydrogens (tertiary/aromatic N) is 2. The first-order valence-electron chi connectivity index (χ1n) is 7.19. The Labute approximate surface area is 122 Å². The van der Waals surface area contributed by atoms with E-state index in [4.69, 9.17) is 5.73 Å². The van der Waals surface area contributed by atoms with Crippen molar-refractivity contribution in [3.63, 3.8) is 0 Å². The van der Waals surface area contributed by atoms with Crippen LogP contribution < -0.4 is 16.2 Å². The molecule has 0 unspecified atom stereocenters. The Morgan fingerprint density at radius 2 is 2.14 bits per heavy atom. The van der Waals surface area contributed by atoms with Crippen LogP contribution in [0.5, 0.6) is 0 Å². The van der Waals surface area contributed by atoms with Crippen LogP contribution >= 0.6 is 0 Å². The molecular formula is C15H20N4O2. The van der Waals surface area contributed by atoms with Crippen molar-refractivity contribution >= 4 is 22.3 Å². The standard InChI is InChI=1S/C15H20N4O2/c1-19(8-15(21)4-2-3-5-15)13-7-12-10(6-11(13)16)14(20)18-9-17-12/h6-7,9,21H,2-5,8,16H2,1H3,(H,17,18,20). The molecule has 1 aliphatic rings. The van der Waals surface area contributed by atoms with Crippen molar-refractivity contribution in [2.45, 2.75) is 31.3 Å². The number of H-pyrrole nitrogens is 1. The normalized spacial score (nSPS) is 17.2. The van der Waals surface area contributed by atoms with Gasteiger partial charge in [0.15, 0.2) is 0 Å². The second-order valence-electron chi connectivity index (χ2n) is 5.95. The monoisotopic (exact) mass is 288 g/mol. The van der Waals surface area contributed by atoms with Gasteiger partial charge in [-0.15, -0.1) is 0 Å². The minimum atomic E-state index is -0.641. The molecule has 0 aliphatic heterocycles. The number of anilines is 2. The highest BCUT2D eigenvalue weighted by atomic mass is 16.3. The number of rotatable bonds is 3. The van der Waals surface area contributed by atoms with Gasteiger partial charge >= 0.3 is 0 Å². The van der Waals surface area contributed by atoms with E-state index in [2.05, 4.69) is 9.97 Å². The van der Waals surface area contributed by atoms with Gasteiger partial charge < -0.3 is 20.7 Å². The highest BCUT2D eigenvalue weighted by Gasteiger charge is 2.32. The maximum atomic E-state index is 11.7. The van der Waals surface area contributed by atoms with Crippen molar-refractivity contribution < 1.29 is 5.11 Å². The number of aliphatic hydroxyl groups is 1. The molecule has 0 saturated heterocycles. The lowest BCUT2D eigenvalue weighted by Gasteiger charge is -2.30. The largest absolute Gasteiger partial charge is 0.397 e. The number of nitrogens with two attached hydrogens (primary N) is 1. The number of nitrogens with one attached hydrogen (secondary N) is 1. The SMILES string of the molecule is CN(CC1(O)CCCC1)c1cc2nc[nH]c(=O)c2cc1N. The number of aromatic amines is 1. The lowest BCUT2D eigenvalue weighted by molar-refractivity contribution is 0.0559. The molecule has 21 heavy (non-hydrogen) atoms. The molecule has 6 heteroatoms. The van der Waals surface area contributed by atoms with E-state index in [9.17, 15) is 9.90 Å². The second-order valence-corrected chi connectivity index (χ2v) is 5.95. The Morgan fingerprint density at radius 3 is 2.86 bits per heavy atom. The number of hydrogen-bond donors (Lipinski definition) is 3. The molecule has 1 aromatic carbocycles. The molecule has 0 spiro atoms. The Bertz CT molecular complexity index is 719. The Hall–Kier alpha value is -2.08. The predicted molar refractivity (Wildman–Crippen MR) is 83.5 cm³/mol. The maximum absolute atomic E-state index is 11.7. The average Bonchev–Trinajstić information content (AvgIpc) is 2.85. The Balaban J connectivity index is 1.96. The van der Waals surface area contributed by atoms with E-state index in [0.717, 1.165) is 31.4 Å². The highest BCUT2D eigenvalue weighted by Crippen LogP contribution is 2.33. The molecule has 1 aliphatic carbocycles. The van der Waals surface area contributed by atoms with Crippen molar-refractivity contribution in [2.75, 3.05) is 24.2 Å². The molecular weight excluding hydrogens is 268 g/mol. The number of likely N-dealkylation sites (N-methyl/N-ethyl adjacent to an activating group) is 1. The summed E-state index contributed by atoms with van der Waals surface area (Å²) in [5.74, 6) is 0. The van der Waals surface area contributed by atoms with Gasteiger partial charge in [0, 0.05) is 13.6 Å². The van der Waals surface area contributed by atoms with Gasteiger partial charge in [0.05, 0.1) is 34.2 Å². The summed E-state index contributed by atoms with van der Waals surface area (Å²) in [4.78, 5) is 20.4. The fraction of sp³-hybridized carbons (Fsp3) is 0.467. The van der Waals surface area contributed by atoms with Crippen molar-refractivity contribution in [1.82, 2.24) is 9.97 Å². The van der Waals surface area contributed by atoms with Crippen LogP contribution in [0.4, 0.5) is 11.4 Å². The van der Waals surface area contributed by atoms with Crippen LogP contribution in [0.15, 0.2) is 23.3 Å². The van der Waals surface area contributed by atoms with Crippen molar-refractivity contribution in [1.29, 1.82) is 0 Å². The first-order chi connectivity index (χ1) is 9.98. The summed E-state index contributed by atoms with van der Waals surface area (Å²) in [5, 5.41) is 11.0. The highest BCUT2D eigenvalue weighted by molar-refractivity contribution is 5.88. The summed E-state index contributed by atoms with van der Waals surface area (Å²) in [6.07, 6.45) is 5.16. The molecule has 4 N–H and O–H groups in total. The summed E-state index contributed by atoms with van der Waals surface area (Å²) < 4.78 is 0. The van der Waals surface area contributed by atoms with E-state index in [1.54, 1.807) is 12.1 Å². The second kappa shape index (κ2) is 5.04. The minimum Gasteiger partial charge on any atom is -0.397 e.